The summed E-state index contributed by atoms with van der Waals surface area (Å²) < 4.78 is 0. The van der Waals surface area contributed by atoms with Crippen molar-refractivity contribution in [1.29, 1.82) is 0 Å². The third-order valence-electron chi connectivity index (χ3n) is 4.96. The van der Waals surface area contributed by atoms with E-state index in [2.05, 4.69) is 15.8 Å². The molecule has 0 fully saturated rings. The summed E-state index contributed by atoms with van der Waals surface area (Å²) in [6.45, 7) is 5.79. The molecule has 0 bridgehead atoms. The van der Waals surface area contributed by atoms with Crippen molar-refractivity contribution in [2.75, 3.05) is 5.32 Å². The number of carbonyl (C=O) groups is 1. The fourth-order valence-electron chi connectivity index (χ4n) is 3.31. The van der Waals surface area contributed by atoms with Crippen LogP contribution in [-0.2, 0) is 4.79 Å². The lowest BCUT2D eigenvalue weighted by Gasteiger charge is -2.14. The first-order chi connectivity index (χ1) is 13.7. The molecule has 2 aromatic rings. The number of phenolic OH excluding ortho intramolecular Hbond substituents is 1. The van der Waals surface area contributed by atoms with Gasteiger partial charge in [0.05, 0.1) is 17.4 Å². The van der Waals surface area contributed by atoms with Crippen LogP contribution in [0.15, 0.2) is 41.5 Å². The number of hydrazone groups is 1. The van der Waals surface area contributed by atoms with Crippen LogP contribution in [-0.4, -0.2) is 21.6 Å². The molecule has 8 nitrogen and oxygen atoms in total. The quantitative estimate of drug-likeness (QED) is 0.385. The van der Waals surface area contributed by atoms with Gasteiger partial charge in [-0.2, -0.15) is 5.10 Å². The lowest BCUT2D eigenvalue weighted by Crippen LogP contribution is -2.17. The highest BCUT2D eigenvalue weighted by Crippen LogP contribution is 2.31. The molecule has 1 aliphatic heterocycles. The Hall–Kier alpha value is -3.42. The minimum atomic E-state index is -0.436. The number of nitro benzene ring substituents is 1. The van der Waals surface area contributed by atoms with Crippen molar-refractivity contribution < 1.29 is 14.8 Å². The van der Waals surface area contributed by atoms with Crippen LogP contribution in [0.1, 0.15) is 55.3 Å². The number of nitrogens with one attached hydrogen (secondary N) is 2. The number of hydrogen-bond acceptors (Lipinski definition) is 6. The van der Waals surface area contributed by atoms with Crippen LogP contribution in [0, 0.1) is 17.0 Å². The number of hydrogen-bond donors (Lipinski definition) is 3. The van der Waals surface area contributed by atoms with E-state index in [1.807, 2.05) is 26.8 Å². The Bertz CT molecular complexity index is 967. The number of non-ortho nitro benzene ring substituents is 1. The van der Waals surface area contributed by atoms with Crippen LogP contribution in [0.25, 0.3) is 0 Å². The zero-order valence-electron chi connectivity index (χ0n) is 16.6. The molecule has 0 aliphatic carbocycles. The molecule has 0 saturated heterocycles. The predicted molar refractivity (Wildman–Crippen MR) is 111 cm³/mol. The van der Waals surface area contributed by atoms with Gasteiger partial charge in [-0.3, -0.25) is 14.9 Å². The zero-order valence-corrected chi connectivity index (χ0v) is 16.6. The molecule has 0 spiro atoms. The van der Waals surface area contributed by atoms with Crippen LogP contribution in [0.2, 0.25) is 0 Å². The molecule has 1 heterocycles. The molecule has 8 heteroatoms. The van der Waals surface area contributed by atoms with Crippen molar-refractivity contribution in [1.82, 2.24) is 5.43 Å². The summed E-state index contributed by atoms with van der Waals surface area (Å²) in [4.78, 5) is 22.8. The maximum atomic E-state index is 12.5. The van der Waals surface area contributed by atoms with Gasteiger partial charge >= 0.3 is 0 Å². The molecule has 0 saturated carbocycles. The summed E-state index contributed by atoms with van der Waals surface area (Å²) in [6, 6.07) is 9.67. The molecule has 1 unspecified atom stereocenters. The summed E-state index contributed by atoms with van der Waals surface area (Å²) in [5.74, 6) is 0.182. The fraction of sp³-hybridized carbons (Fsp3) is 0.333. The lowest BCUT2D eigenvalue weighted by atomic mass is 9.99. The molecule has 3 N–H and O–H groups in total. The minimum Gasteiger partial charge on any atom is -0.508 e. The third kappa shape index (κ3) is 4.71. The lowest BCUT2D eigenvalue weighted by molar-refractivity contribution is -0.384. The van der Waals surface area contributed by atoms with E-state index in [0.717, 1.165) is 16.7 Å². The third-order valence-corrected chi connectivity index (χ3v) is 4.96. The Balaban J connectivity index is 1.61. The van der Waals surface area contributed by atoms with Gasteiger partial charge in [-0.05, 0) is 41.7 Å². The van der Waals surface area contributed by atoms with Crippen LogP contribution in [0.4, 0.5) is 11.4 Å². The second-order valence-corrected chi connectivity index (χ2v) is 7.52. The van der Waals surface area contributed by atoms with E-state index in [4.69, 9.17) is 0 Å². The number of nitro groups is 1. The maximum Gasteiger partial charge on any atom is 0.269 e. The highest BCUT2D eigenvalue weighted by Gasteiger charge is 2.23. The number of phenols is 1. The molecular weight excluding hydrogens is 372 g/mol. The number of nitrogens with zero attached hydrogens (tertiary/aromatic N) is 2. The number of amides is 1. The van der Waals surface area contributed by atoms with Crippen molar-refractivity contribution in [2.45, 2.75) is 45.6 Å². The molecule has 29 heavy (non-hydrogen) atoms. The molecule has 1 atom stereocenters. The maximum absolute atomic E-state index is 12.5. The van der Waals surface area contributed by atoms with E-state index < -0.39 is 4.92 Å². The highest BCUT2D eigenvalue weighted by molar-refractivity contribution is 6.07. The summed E-state index contributed by atoms with van der Waals surface area (Å²) >= 11 is 0. The first-order valence-electron chi connectivity index (χ1n) is 9.43. The molecule has 0 aromatic heterocycles. The Kier molecular flexibility index (Phi) is 5.81. The molecule has 0 radical (unpaired) electrons. The number of aryl methyl sites for hydroxylation is 1. The predicted octanol–water partition coefficient (Wildman–Crippen LogP) is 4.15. The minimum absolute atomic E-state index is 0.0392. The van der Waals surface area contributed by atoms with Gasteiger partial charge < -0.3 is 15.8 Å². The summed E-state index contributed by atoms with van der Waals surface area (Å²) in [7, 11) is 0. The van der Waals surface area contributed by atoms with Crippen molar-refractivity contribution in [3.8, 4) is 5.75 Å². The van der Waals surface area contributed by atoms with Gasteiger partial charge in [0, 0.05) is 30.0 Å². The molecule has 1 amide bonds. The summed E-state index contributed by atoms with van der Waals surface area (Å²) in [5.41, 5.74) is 6.87. The van der Waals surface area contributed by atoms with Crippen LogP contribution in [0.3, 0.4) is 0 Å². The van der Waals surface area contributed by atoms with Crippen LogP contribution >= 0.6 is 0 Å². The number of carbonyl (C=O) groups excluding carboxylic acids is 1. The normalized spacial score (nSPS) is 15.7. The molecular formula is C21H24N4O4. The van der Waals surface area contributed by atoms with Gasteiger partial charge in [0.25, 0.3) is 5.69 Å². The largest absolute Gasteiger partial charge is 0.508 e. The van der Waals surface area contributed by atoms with E-state index >= 15 is 0 Å². The number of aromatic hydroxyl groups is 1. The Morgan fingerprint density at radius 2 is 2.03 bits per heavy atom. The van der Waals surface area contributed by atoms with E-state index in [1.54, 1.807) is 18.2 Å². The first-order valence-corrected chi connectivity index (χ1v) is 9.43. The van der Waals surface area contributed by atoms with Crippen LogP contribution < -0.4 is 10.7 Å². The monoisotopic (exact) mass is 396 g/mol. The molecule has 1 aliphatic rings. The van der Waals surface area contributed by atoms with Crippen LogP contribution in [0.5, 0.6) is 5.75 Å². The van der Waals surface area contributed by atoms with Gasteiger partial charge in [-0.1, -0.05) is 26.0 Å². The SMILES string of the molecule is Cc1cc(O)c(C(C)C)cc1NC(=O)CC1=NNC(c2ccc([N+](=O)[O-])cc2)C1. The molecule has 152 valence electrons. The van der Waals surface area contributed by atoms with Crippen molar-refractivity contribution in [3.05, 3.63) is 63.2 Å². The first kappa shape index (κ1) is 20.3. The Labute approximate surface area is 168 Å². The summed E-state index contributed by atoms with van der Waals surface area (Å²) in [6.07, 6.45) is 0.699. The van der Waals surface area contributed by atoms with Gasteiger partial charge in [0.1, 0.15) is 5.75 Å². The second-order valence-electron chi connectivity index (χ2n) is 7.52. The standard InChI is InChI=1S/C21H24N4O4/c1-12(2)17-11-18(13(3)8-20(17)26)22-21(27)10-15-9-19(24-23-15)14-4-6-16(7-5-14)25(28)29/h4-8,11-12,19,24,26H,9-10H2,1-3H3,(H,22,27). The zero-order chi connectivity index (χ0) is 21.1. The number of benzene rings is 2. The van der Waals surface area contributed by atoms with Gasteiger partial charge in [0.2, 0.25) is 5.91 Å². The molecule has 3 rings (SSSR count). The average Bonchev–Trinajstić information content (AvgIpc) is 3.12. The summed E-state index contributed by atoms with van der Waals surface area (Å²) in [5, 5.41) is 28.0. The highest BCUT2D eigenvalue weighted by atomic mass is 16.6. The smallest absolute Gasteiger partial charge is 0.269 e. The fourth-order valence-corrected chi connectivity index (χ4v) is 3.31. The van der Waals surface area contributed by atoms with Gasteiger partial charge in [-0.15, -0.1) is 0 Å². The second kappa shape index (κ2) is 8.30. The van der Waals surface area contributed by atoms with Gasteiger partial charge in [-0.25, -0.2) is 0 Å². The topological polar surface area (TPSA) is 117 Å². The van der Waals surface area contributed by atoms with Crippen molar-refractivity contribution in [3.63, 3.8) is 0 Å². The van der Waals surface area contributed by atoms with E-state index in [1.165, 1.54) is 12.1 Å². The number of rotatable bonds is 6. The van der Waals surface area contributed by atoms with E-state index in [0.29, 0.717) is 17.8 Å². The molecule has 2 aromatic carbocycles. The number of anilines is 1. The van der Waals surface area contributed by atoms with Crippen molar-refractivity contribution >= 4 is 23.0 Å². The average molecular weight is 396 g/mol. The van der Waals surface area contributed by atoms with E-state index in [-0.39, 0.29) is 35.7 Å². The Morgan fingerprint density at radius 3 is 2.66 bits per heavy atom. The van der Waals surface area contributed by atoms with E-state index in [9.17, 15) is 20.0 Å². The van der Waals surface area contributed by atoms with Gasteiger partial charge in [0.15, 0.2) is 0 Å². The Morgan fingerprint density at radius 1 is 1.34 bits per heavy atom. The van der Waals surface area contributed by atoms with Crippen molar-refractivity contribution in [2.24, 2.45) is 5.10 Å².